The Kier molecular flexibility index (Phi) is 5.40. The number of aromatic hydroxyl groups is 1. The molecule has 1 aliphatic heterocycles. The van der Waals surface area contributed by atoms with Gasteiger partial charge in [0.2, 0.25) is 0 Å². The molecule has 1 atom stereocenters. The standard InChI is InChI=1S/C22H23NO5/c1-13(2)12-18(25)19-20(14-4-8-16(24)9-5-14)23(22(27)21(19)26)15-6-10-17(28-3)11-7-15/h4-11,13,20,24,26H,12H2,1-3H3. The molecule has 2 aromatic rings. The first kappa shape index (κ1) is 19.5. The molecule has 0 radical (unpaired) electrons. The lowest BCUT2D eigenvalue weighted by Crippen LogP contribution is -2.31. The highest BCUT2D eigenvalue weighted by Gasteiger charge is 2.44. The third-order valence-corrected chi connectivity index (χ3v) is 4.66. The monoisotopic (exact) mass is 381 g/mol. The summed E-state index contributed by atoms with van der Waals surface area (Å²) in [7, 11) is 1.55. The lowest BCUT2D eigenvalue weighted by atomic mass is 9.92. The number of amides is 1. The number of carbonyl (C=O) groups excluding carboxylic acids is 2. The van der Waals surface area contributed by atoms with Crippen molar-refractivity contribution < 1.29 is 24.5 Å². The summed E-state index contributed by atoms with van der Waals surface area (Å²) < 4.78 is 5.16. The smallest absolute Gasteiger partial charge is 0.294 e. The average molecular weight is 381 g/mol. The van der Waals surface area contributed by atoms with Gasteiger partial charge in [-0.05, 0) is 47.9 Å². The first-order valence-electron chi connectivity index (χ1n) is 9.06. The first-order valence-corrected chi connectivity index (χ1v) is 9.06. The van der Waals surface area contributed by atoms with E-state index >= 15 is 0 Å². The Morgan fingerprint density at radius 1 is 1.07 bits per heavy atom. The molecule has 3 rings (SSSR count). The number of aliphatic hydroxyl groups is 1. The maximum atomic E-state index is 12.9. The summed E-state index contributed by atoms with van der Waals surface area (Å²) in [5, 5.41) is 20.2. The first-order chi connectivity index (χ1) is 13.3. The van der Waals surface area contributed by atoms with E-state index in [2.05, 4.69) is 0 Å². The number of phenolic OH excluding ortho intramolecular Hbond substituents is 1. The maximum absolute atomic E-state index is 12.9. The summed E-state index contributed by atoms with van der Waals surface area (Å²) >= 11 is 0. The number of ketones is 1. The van der Waals surface area contributed by atoms with Crippen LogP contribution in [-0.2, 0) is 9.59 Å². The molecule has 1 unspecified atom stereocenters. The molecule has 2 N–H and O–H groups in total. The van der Waals surface area contributed by atoms with Gasteiger partial charge >= 0.3 is 0 Å². The Morgan fingerprint density at radius 3 is 2.21 bits per heavy atom. The molecule has 6 nitrogen and oxygen atoms in total. The lowest BCUT2D eigenvalue weighted by Gasteiger charge is -2.27. The van der Waals surface area contributed by atoms with Crippen molar-refractivity contribution >= 4 is 17.4 Å². The Hall–Kier alpha value is -3.28. The summed E-state index contributed by atoms with van der Waals surface area (Å²) in [6, 6.07) is 12.3. The highest BCUT2D eigenvalue weighted by Crippen LogP contribution is 2.42. The molecule has 146 valence electrons. The van der Waals surface area contributed by atoms with Gasteiger partial charge in [-0.1, -0.05) is 26.0 Å². The van der Waals surface area contributed by atoms with Crippen molar-refractivity contribution in [2.24, 2.45) is 5.92 Å². The van der Waals surface area contributed by atoms with Gasteiger partial charge in [-0.25, -0.2) is 0 Å². The number of anilines is 1. The number of carbonyl (C=O) groups is 2. The van der Waals surface area contributed by atoms with Crippen molar-refractivity contribution in [3.8, 4) is 11.5 Å². The molecule has 0 aliphatic carbocycles. The van der Waals surface area contributed by atoms with Crippen LogP contribution in [0, 0.1) is 5.92 Å². The average Bonchev–Trinajstić information content (AvgIpc) is 2.93. The quantitative estimate of drug-likeness (QED) is 0.792. The molecule has 2 aromatic carbocycles. The fourth-order valence-corrected chi connectivity index (χ4v) is 3.35. The Morgan fingerprint density at radius 2 is 1.68 bits per heavy atom. The Bertz CT molecular complexity index is 913. The fourth-order valence-electron chi connectivity index (χ4n) is 3.35. The molecular formula is C22H23NO5. The van der Waals surface area contributed by atoms with Crippen LogP contribution in [-0.4, -0.2) is 29.0 Å². The minimum atomic E-state index is -0.771. The molecule has 0 aromatic heterocycles. The van der Waals surface area contributed by atoms with Crippen LogP contribution >= 0.6 is 0 Å². The van der Waals surface area contributed by atoms with E-state index in [1.165, 1.54) is 17.0 Å². The molecular weight excluding hydrogens is 358 g/mol. The predicted octanol–water partition coefficient (Wildman–Crippen LogP) is 3.92. The van der Waals surface area contributed by atoms with Gasteiger partial charge in [-0.15, -0.1) is 0 Å². The summed E-state index contributed by atoms with van der Waals surface area (Å²) in [6.45, 7) is 3.81. The zero-order valence-corrected chi connectivity index (χ0v) is 16.0. The van der Waals surface area contributed by atoms with E-state index < -0.39 is 17.7 Å². The van der Waals surface area contributed by atoms with Crippen LogP contribution in [0.15, 0.2) is 59.9 Å². The molecule has 0 bridgehead atoms. The molecule has 6 heteroatoms. The zero-order valence-electron chi connectivity index (χ0n) is 16.0. The fraction of sp³-hybridized carbons (Fsp3) is 0.273. The Balaban J connectivity index is 2.11. The molecule has 0 saturated heterocycles. The molecule has 0 fully saturated rings. The van der Waals surface area contributed by atoms with E-state index in [9.17, 15) is 19.8 Å². The minimum absolute atomic E-state index is 0.0762. The van der Waals surface area contributed by atoms with Crippen molar-refractivity contribution in [2.75, 3.05) is 12.0 Å². The van der Waals surface area contributed by atoms with E-state index in [-0.39, 0.29) is 29.4 Å². The lowest BCUT2D eigenvalue weighted by molar-refractivity contribution is -0.118. The van der Waals surface area contributed by atoms with E-state index in [0.29, 0.717) is 17.0 Å². The molecule has 0 saturated carbocycles. The van der Waals surface area contributed by atoms with Crippen molar-refractivity contribution in [2.45, 2.75) is 26.3 Å². The van der Waals surface area contributed by atoms with Gasteiger partial charge in [0.1, 0.15) is 11.5 Å². The highest BCUT2D eigenvalue weighted by molar-refractivity contribution is 6.16. The number of rotatable bonds is 6. The second-order valence-corrected chi connectivity index (χ2v) is 7.15. The van der Waals surface area contributed by atoms with Crippen LogP contribution in [0.3, 0.4) is 0 Å². The topological polar surface area (TPSA) is 87.1 Å². The number of methoxy groups -OCH3 is 1. The van der Waals surface area contributed by atoms with Gasteiger partial charge in [-0.3, -0.25) is 14.5 Å². The predicted molar refractivity (Wildman–Crippen MR) is 105 cm³/mol. The van der Waals surface area contributed by atoms with E-state index in [0.717, 1.165) is 0 Å². The van der Waals surface area contributed by atoms with Crippen LogP contribution in [0.25, 0.3) is 0 Å². The molecule has 1 heterocycles. The summed E-state index contributed by atoms with van der Waals surface area (Å²) in [5.74, 6) is -0.638. The van der Waals surface area contributed by atoms with Gasteiger partial charge in [-0.2, -0.15) is 0 Å². The van der Waals surface area contributed by atoms with Crippen LogP contribution < -0.4 is 9.64 Å². The SMILES string of the molecule is COc1ccc(N2C(=O)C(O)=C(C(=O)CC(C)C)C2c2ccc(O)cc2)cc1. The van der Waals surface area contributed by atoms with E-state index in [1.807, 2.05) is 13.8 Å². The number of hydrogen-bond acceptors (Lipinski definition) is 5. The number of aliphatic hydroxyl groups excluding tert-OH is 1. The normalized spacial score (nSPS) is 16.8. The van der Waals surface area contributed by atoms with Crippen LogP contribution in [0.2, 0.25) is 0 Å². The van der Waals surface area contributed by atoms with E-state index in [4.69, 9.17) is 4.74 Å². The Labute approximate surface area is 163 Å². The number of Topliss-reactive ketones (excluding diaryl/α,β-unsaturated/α-hetero) is 1. The van der Waals surface area contributed by atoms with Crippen molar-refractivity contribution in [1.29, 1.82) is 0 Å². The van der Waals surface area contributed by atoms with Gasteiger partial charge < -0.3 is 14.9 Å². The number of phenols is 1. The van der Waals surface area contributed by atoms with Crippen molar-refractivity contribution in [3.63, 3.8) is 0 Å². The number of benzene rings is 2. The summed E-state index contributed by atoms with van der Waals surface area (Å²) in [4.78, 5) is 27.2. The third-order valence-electron chi connectivity index (χ3n) is 4.66. The van der Waals surface area contributed by atoms with Gasteiger partial charge in [0.25, 0.3) is 5.91 Å². The van der Waals surface area contributed by atoms with Crippen LogP contribution in [0.4, 0.5) is 5.69 Å². The maximum Gasteiger partial charge on any atom is 0.294 e. The van der Waals surface area contributed by atoms with Gasteiger partial charge in [0, 0.05) is 12.1 Å². The second-order valence-electron chi connectivity index (χ2n) is 7.15. The largest absolute Gasteiger partial charge is 0.508 e. The van der Waals surface area contributed by atoms with Crippen molar-refractivity contribution in [1.82, 2.24) is 0 Å². The highest BCUT2D eigenvalue weighted by atomic mass is 16.5. The number of ether oxygens (including phenoxy) is 1. The summed E-state index contributed by atoms with van der Waals surface area (Å²) in [5.41, 5.74) is 1.24. The third kappa shape index (κ3) is 3.58. The minimum Gasteiger partial charge on any atom is -0.508 e. The van der Waals surface area contributed by atoms with E-state index in [1.54, 1.807) is 43.5 Å². The zero-order chi connectivity index (χ0) is 20.4. The molecule has 1 aliphatic rings. The number of hydrogen-bond donors (Lipinski definition) is 2. The van der Waals surface area contributed by atoms with Gasteiger partial charge in [0.15, 0.2) is 11.5 Å². The molecule has 1 amide bonds. The summed E-state index contributed by atoms with van der Waals surface area (Å²) in [6.07, 6.45) is 0.220. The van der Waals surface area contributed by atoms with Crippen LogP contribution in [0.5, 0.6) is 11.5 Å². The molecule has 0 spiro atoms. The van der Waals surface area contributed by atoms with Gasteiger partial charge in [0.05, 0.1) is 18.7 Å². The van der Waals surface area contributed by atoms with Crippen LogP contribution in [0.1, 0.15) is 31.9 Å². The second kappa shape index (κ2) is 7.76. The van der Waals surface area contributed by atoms with Crippen molar-refractivity contribution in [3.05, 3.63) is 65.4 Å². The number of nitrogens with zero attached hydrogens (tertiary/aromatic N) is 1. The molecule has 28 heavy (non-hydrogen) atoms.